The average molecular weight is 469 g/mol. The van der Waals surface area contributed by atoms with Gasteiger partial charge in [-0.3, -0.25) is 9.78 Å². The van der Waals surface area contributed by atoms with E-state index in [1.807, 2.05) is 18.2 Å². The maximum atomic E-state index is 13.0. The summed E-state index contributed by atoms with van der Waals surface area (Å²) in [5.41, 5.74) is 5.29. The van der Waals surface area contributed by atoms with Crippen molar-refractivity contribution in [2.45, 2.75) is 75.9 Å². The summed E-state index contributed by atoms with van der Waals surface area (Å²) in [6.07, 6.45) is 11.1. The molecule has 0 aliphatic heterocycles. The standard InChI is InChI=1S/C31H36N2O2/c1-2-14-30(35)15-16-31(20-23-6-4-3-5-7-23)27(21-30)10-8-25-19-26(9-11-28(25)31)29(34)33-22-24-12-17-32-18-13-24/h3-7,9,11-13,17-19,27,35H,2,8,10,14-16,20-22H2,1H3,(H,33,34)/t27-,30+,31-/m0/s1. The molecule has 1 fully saturated rings. The number of carbonyl (C=O) groups excluding carboxylic acids is 1. The van der Waals surface area contributed by atoms with Crippen LogP contribution in [0.3, 0.4) is 0 Å². The van der Waals surface area contributed by atoms with Gasteiger partial charge in [0.2, 0.25) is 0 Å². The van der Waals surface area contributed by atoms with Crippen molar-refractivity contribution in [2.24, 2.45) is 5.92 Å². The monoisotopic (exact) mass is 468 g/mol. The van der Waals surface area contributed by atoms with Crippen LogP contribution in [0.15, 0.2) is 73.1 Å². The van der Waals surface area contributed by atoms with Crippen LogP contribution in [0, 0.1) is 5.92 Å². The van der Waals surface area contributed by atoms with Gasteiger partial charge in [0.15, 0.2) is 0 Å². The molecule has 2 aromatic carbocycles. The first-order valence-corrected chi connectivity index (χ1v) is 13.1. The Kier molecular flexibility index (Phi) is 6.75. The minimum Gasteiger partial charge on any atom is -0.390 e. The van der Waals surface area contributed by atoms with Crippen LogP contribution in [-0.4, -0.2) is 21.6 Å². The average Bonchev–Trinajstić information content (AvgIpc) is 2.89. The highest BCUT2D eigenvalue weighted by molar-refractivity contribution is 5.94. The van der Waals surface area contributed by atoms with Gasteiger partial charge in [-0.05, 0) is 97.4 Å². The van der Waals surface area contributed by atoms with Crippen LogP contribution in [0.1, 0.15) is 78.1 Å². The molecule has 0 radical (unpaired) electrons. The van der Waals surface area contributed by atoms with Crippen molar-refractivity contribution in [3.8, 4) is 0 Å². The number of amides is 1. The number of aromatic nitrogens is 1. The molecule has 1 saturated carbocycles. The molecule has 2 aliphatic carbocycles. The third-order valence-electron chi connectivity index (χ3n) is 8.39. The molecule has 4 heteroatoms. The number of pyridine rings is 1. The van der Waals surface area contributed by atoms with Gasteiger partial charge in [0.25, 0.3) is 5.91 Å². The van der Waals surface area contributed by atoms with Gasteiger partial charge in [-0.2, -0.15) is 0 Å². The second kappa shape index (κ2) is 9.94. The molecule has 0 unspecified atom stereocenters. The highest BCUT2D eigenvalue weighted by Gasteiger charge is 2.51. The van der Waals surface area contributed by atoms with Crippen LogP contribution in [0.25, 0.3) is 0 Å². The molecule has 1 amide bonds. The minimum atomic E-state index is -0.538. The predicted molar refractivity (Wildman–Crippen MR) is 139 cm³/mol. The fraction of sp³-hybridized carbons (Fsp3) is 0.419. The molecule has 35 heavy (non-hydrogen) atoms. The zero-order chi connectivity index (χ0) is 24.3. The van der Waals surface area contributed by atoms with E-state index in [1.54, 1.807) is 12.4 Å². The molecule has 2 N–H and O–H groups in total. The van der Waals surface area contributed by atoms with E-state index in [1.165, 1.54) is 16.7 Å². The van der Waals surface area contributed by atoms with E-state index in [9.17, 15) is 9.90 Å². The number of aliphatic hydroxyl groups is 1. The molecule has 2 aliphatic rings. The predicted octanol–water partition coefficient (Wildman–Crippen LogP) is 5.77. The molecular formula is C31H36N2O2. The third-order valence-corrected chi connectivity index (χ3v) is 8.39. The summed E-state index contributed by atoms with van der Waals surface area (Å²) in [6, 6.07) is 21.0. The van der Waals surface area contributed by atoms with Gasteiger partial charge in [0.05, 0.1) is 5.60 Å². The molecule has 182 valence electrons. The van der Waals surface area contributed by atoms with Crippen molar-refractivity contribution in [3.63, 3.8) is 0 Å². The quantitative estimate of drug-likeness (QED) is 0.463. The normalized spacial score (nSPS) is 25.4. The third kappa shape index (κ3) is 4.90. The zero-order valence-electron chi connectivity index (χ0n) is 20.7. The molecule has 4 nitrogen and oxygen atoms in total. The number of hydrogen-bond donors (Lipinski definition) is 2. The van der Waals surface area contributed by atoms with Crippen LogP contribution < -0.4 is 5.32 Å². The van der Waals surface area contributed by atoms with Crippen LogP contribution in [0.5, 0.6) is 0 Å². The van der Waals surface area contributed by atoms with Gasteiger partial charge in [-0.15, -0.1) is 0 Å². The van der Waals surface area contributed by atoms with Crippen LogP contribution in [0.4, 0.5) is 0 Å². The van der Waals surface area contributed by atoms with Crippen LogP contribution in [0.2, 0.25) is 0 Å². The van der Waals surface area contributed by atoms with E-state index in [0.29, 0.717) is 12.5 Å². The van der Waals surface area contributed by atoms with E-state index in [2.05, 4.69) is 59.7 Å². The molecular weight excluding hydrogens is 432 g/mol. The molecule has 5 rings (SSSR count). The summed E-state index contributed by atoms with van der Waals surface area (Å²) in [5.74, 6) is 0.414. The molecule has 0 saturated heterocycles. The Morgan fingerprint density at radius 2 is 1.86 bits per heavy atom. The topological polar surface area (TPSA) is 62.2 Å². The number of hydrogen-bond acceptors (Lipinski definition) is 3. The first kappa shape index (κ1) is 23.7. The van der Waals surface area contributed by atoms with Gasteiger partial charge < -0.3 is 10.4 Å². The molecule has 0 spiro atoms. The lowest BCUT2D eigenvalue weighted by Crippen LogP contribution is -2.51. The van der Waals surface area contributed by atoms with Gasteiger partial charge >= 0.3 is 0 Å². The number of rotatable bonds is 7. The summed E-state index contributed by atoms with van der Waals surface area (Å²) in [7, 11) is 0. The molecule has 3 atom stereocenters. The highest BCUT2D eigenvalue weighted by atomic mass is 16.3. The number of fused-ring (bicyclic) bond motifs is 3. The minimum absolute atomic E-state index is 0.0148. The van der Waals surface area contributed by atoms with Gasteiger partial charge in [0.1, 0.15) is 0 Å². The van der Waals surface area contributed by atoms with E-state index in [-0.39, 0.29) is 11.3 Å². The van der Waals surface area contributed by atoms with Crippen LogP contribution >= 0.6 is 0 Å². The summed E-state index contributed by atoms with van der Waals surface area (Å²) >= 11 is 0. The number of nitrogens with zero attached hydrogens (tertiary/aromatic N) is 1. The Morgan fingerprint density at radius 3 is 2.63 bits per heavy atom. The maximum absolute atomic E-state index is 13.0. The second-order valence-electron chi connectivity index (χ2n) is 10.6. The Balaban J connectivity index is 1.43. The molecule has 3 aromatic rings. The molecule has 1 heterocycles. The lowest BCUT2D eigenvalue weighted by atomic mass is 9.52. The Bertz CT molecular complexity index is 1160. The lowest BCUT2D eigenvalue weighted by Gasteiger charge is -2.53. The second-order valence-corrected chi connectivity index (χ2v) is 10.6. The van der Waals surface area contributed by atoms with Gasteiger partial charge in [0, 0.05) is 29.9 Å². The van der Waals surface area contributed by atoms with Gasteiger partial charge in [-0.1, -0.05) is 49.7 Å². The van der Waals surface area contributed by atoms with E-state index >= 15 is 0 Å². The largest absolute Gasteiger partial charge is 0.390 e. The first-order valence-electron chi connectivity index (χ1n) is 13.1. The fourth-order valence-electron chi connectivity index (χ4n) is 6.67. The number of nitrogens with one attached hydrogen (secondary N) is 1. The first-order chi connectivity index (χ1) is 17.0. The van der Waals surface area contributed by atoms with Crippen molar-refractivity contribution in [3.05, 3.63) is 101 Å². The summed E-state index contributed by atoms with van der Waals surface area (Å²) in [6.45, 7) is 2.66. The van der Waals surface area contributed by atoms with Crippen molar-refractivity contribution >= 4 is 5.91 Å². The summed E-state index contributed by atoms with van der Waals surface area (Å²) in [5, 5.41) is 14.4. The Morgan fingerprint density at radius 1 is 1.06 bits per heavy atom. The summed E-state index contributed by atoms with van der Waals surface area (Å²) in [4.78, 5) is 17.0. The van der Waals surface area contributed by atoms with Gasteiger partial charge in [-0.25, -0.2) is 0 Å². The van der Waals surface area contributed by atoms with Crippen LogP contribution in [-0.2, 0) is 24.8 Å². The van der Waals surface area contributed by atoms with Crippen molar-refractivity contribution < 1.29 is 9.90 Å². The SMILES string of the molecule is CCC[C@@]1(O)CC[C@@]2(Cc3ccccc3)c3ccc(C(=O)NCc4ccncc4)cc3CC[C@H]2C1. The lowest BCUT2D eigenvalue weighted by molar-refractivity contribution is -0.0565. The number of benzene rings is 2. The number of aryl methyl sites for hydroxylation is 1. The molecule has 1 aromatic heterocycles. The fourth-order valence-corrected chi connectivity index (χ4v) is 6.67. The Labute approximate surface area is 208 Å². The van der Waals surface area contributed by atoms with E-state index in [4.69, 9.17) is 0 Å². The smallest absolute Gasteiger partial charge is 0.251 e. The summed E-state index contributed by atoms with van der Waals surface area (Å²) < 4.78 is 0. The highest BCUT2D eigenvalue weighted by Crippen LogP contribution is 2.55. The Hall–Kier alpha value is -2.98. The van der Waals surface area contributed by atoms with Crippen molar-refractivity contribution in [2.75, 3.05) is 0 Å². The van der Waals surface area contributed by atoms with E-state index < -0.39 is 5.60 Å². The number of carbonyl (C=O) groups is 1. The zero-order valence-corrected chi connectivity index (χ0v) is 20.7. The van der Waals surface area contributed by atoms with Crippen molar-refractivity contribution in [1.29, 1.82) is 0 Å². The van der Waals surface area contributed by atoms with Crippen molar-refractivity contribution in [1.82, 2.24) is 10.3 Å². The maximum Gasteiger partial charge on any atom is 0.251 e. The molecule has 0 bridgehead atoms. The van der Waals surface area contributed by atoms with E-state index in [0.717, 1.165) is 62.5 Å².